The smallest absolute Gasteiger partial charge is 0.259 e. The van der Waals surface area contributed by atoms with Gasteiger partial charge in [-0.2, -0.15) is 0 Å². The molecule has 1 aliphatic heterocycles. The quantitative estimate of drug-likeness (QED) is 0.799. The molecule has 2 aromatic rings. The third-order valence-corrected chi connectivity index (χ3v) is 3.53. The van der Waals surface area contributed by atoms with Gasteiger partial charge in [-0.3, -0.25) is 9.78 Å². The molecule has 0 saturated carbocycles. The van der Waals surface area contributed by atoms with Crippen LogP contribution in [-0.4, -0.2) is 10.9 Å². The molecule has 1 aromatic heterocycles. The third-order valence-electron chi connectivity index (χ3n) is 2.92. The first kappa shape index (κ1) is 11.5. The monoisotopic (exact) mass is 278 g/mol. The number of pyridine rings is 1. The Morgan fingerprint density at radius 2 is 1.89 bits per heavy atom. The average molecular weight is 279 g/mol. The van der Waals surface area contributed by atoms with Crippen molar-refractivity contribution in [2.45, 2.75) is 6.54 Å². The van der Waals surface area contributed by atoms with Gasteiger partial charge in [0.05, 0.1) is 22.3 Å². The summed E-state index contributed by atoms with van der Waals surface area (Å²) in [4.78, 5) is 17.9. The van der Waals surface area contributed by atoms with Crippen LogP contribution in [0.15, 0.2) is 36.7 Å². The van der Waals surface area contributed by atoms with E-state index in [1.807, 2.05) is 0 Å². The van der Waals surface area contributed by atoms with E-state index in [0.29, 0.717) is 27.8 Å². The van der Waals surface area contributed by atoms with Crippen molar-refractivity contribution in [3.8, 4) is 0 Å². The second kappa shape index (κ2) is 4.26. The number of hydrogen-bond donors (Lipinski definition) is 0. The first-order valence-electron chi connectivity index (χ1n) is 5.37. The second-order valence-electron chi connectivity index (χ2n) is 3.99. The van der Waals surface area contributed by atoms with Gasteiger partial charge in [-0.25, -0.2) is 0 Å². The molecule has 1 aliphatic rings. The minimum Gasteiger partial charge on any atom is -0.301 e. The van der Waals surface area contributed by atoms with Gasteiger partial charge in [0.25, 0.3) is 5.91 Å². The molecule has 2 heterocycles. The van der Waals surface area contributed by atoms with Gasteiger partial charge in [-0.15, -0.1) is 0 Å². The molecule has 0 N–H and O–H groups in total. The largest absolute Gasteiger partial charge is 0.301 e. The number of anilines is 1. The Hall–Kier alpha value is -1.58. The standard InChI is InChI=1S/C13H8Cl2N2O/c14-10-2-1-3-11(15)12(10)17-7-8-6-16-5-4-9(8)13(17)18/h1-6H,7H2. The molecule has 3 nitrogen and oxygen atoms in total. The highest BCUT2D eigenvalue weighted by Crippen LogP contribution is 2.37. The first-order chi connectivity index (χ1) is 8.68. The van der Waals surface area contributed by atoms with Crippen molar-refractivity contribution in [1.82, 2.24) is 4.98 Å². The fraction of sp³-hybridized carbons (Fsp3) is 0.0769. The number of rotatable bonds is 1. The van der Waals surface area contributed by atoms with Crippen LogP contribution in [0.1, 0.15) is 15.9 Å². The van der Waals surface area contributed by atoms with E-state index in [-0.39, 0.29) is 5.91 Å². The summed E-state index contributed by atoms with van der Waals surface area (Å²) in [6, 6.07) is 6.90. The van der Waals surface area contributed by atoms with Crippen LogP contribution in [0.3, 0.4) is 0 Å². The lowest BCUT2D eigenvalue weighted by atomic mass is 10.2. The Morgan fingerprint density at radius 3 is 2.56 bits per heavy atom. The lowest BCUT2D eigenvalue weighted by Gasteiger charge is -2.18. The van der Waals surface area contributed by atoms with Crippen LogP contribution in [0.2, 0.25) is 10.0 Å². The highest BCUT2D eigenvalue weighted by atomic mass is 35.5. The molecule has 1 amide bonds. The van der Waals surface area contributed by atoms with Crippen molar-refractivity contribution < 1.29 is 4.79 Å². The Bertz CT molecular complexity index is 622. The molecule has 0 unspecified atom stereocenters. The Morgan fingerprint density at radius 1 is 1.17 bits per heavy atom. The van der Waals surface area contributed by atoms with Crippen molar-refractivity contribution in [2.75, 3.05) is 4.90 Å². The highest BCUT2D eigenvalue weighted by molar-refractivity contribution is 6.40. The number of hydrogen-bond acceptors (Lipinski definition) is 2. The molecule has 0 aliphatic carbocycles. The summed E-state index contributed by atoms with van der Waals surface area (Å²) in [6.45, 7) is 0.450. The van der Waals surface area contributed by atoms with E-state index < -0.39 is 0 Å². The molecular weight excluding hydrogens is 271 g/mol. The summed E-state index contributed by atoms with van der Waals surface area (Å²) in [5, 5.41) is 0.938. The van der Waals surface area contributed by atoms with Crippen LogP contribution in [0, 0.1) is 0 Å². The number of carbonyl (C=O) groups excluding carboxylic acids is 1. The number of nitrogens with zero attached hydrogens (tertiary/aromatic N) is 2. The van der Waals surface area contributed by atoms with E-state index in [2.05, 4.69) is 4.98 Å². The molecule has 18 heavy (non-hydrogen) atoms. The van der Waals surface area contributed by atoms with Crippen molar-refractivity contribution in [3.63, 3.8) is 0 Å². The Labute approximate surface area is 114 Å². The lowest BCUT2D eigenvalue weighted by Crippen LogP contribution is -2.23. The molecule has 1 aromatic carbocycles. The summed E-state index contributed by atoms with van der Waals surface area (Å²) in [5.41, 5.74) is 2.10. The minimum atomic E-state index is -0.0950. The SMILES string of the molecule is O=C1c2ccncc2CN1c1c(Cl)cccc1Cl. The lowest BCUT2D eigenvalue weighted by molar-refractivity contribution is 0.0996. The number of para-hydroxylation sites is 1. The minimum absolute atomic E-state index is 0.0950. The summed E-state index contributed by atoms with van der Waals surface area (Å²) >= 11 is 12.2. The van der Waals surface area contributed by atoms with Gasteiger partial charge in [0, 0.05) is 23.5 Å². The molecule has 0 radical (unpaired) electrons. The van der Waals surface area contributed by atoms with E-state index >= 15 is 0 Å². The number of halogens is 2. The van der Waals surface area contributed by atoms with Gasteiger partial charge in [0.2, 0.25) is 0 Å². The predicted octanol–water partition coefficient (Wildman–Crippen LogP) is 3.55. The number of carbonyl (C=O) groups is 1. The molecule has 90 valence electrons. The maximum atomic E-state index is 12.3. The van der Waals surface area contributed by atoms with Crippen molar-refractivity contribution >= 4 is 34.8 Å². The van der Waals surface area contributed by atoms with E-state index in [1.54, 1.807) is 41.6 Å². The predicted molar refractivity (Wildman–Crippen MR) is 71.2 cm³/mol. The Kier molecular flexibility index (Phi) is 2.73. The zero-order valence-electron chi connectivity index (χ0n) is 9.23. The van der Waals surface area contributed by atoms with Gasteiger partial charge in [-0.1, -0.05) is 29.3 Å². The maximum absolute atomic E-state index is 12.3. The molecule has 0 bridgehead atoms. The van der Waals surface area contributed by atoms with E-state index in [1.165, 1.54) is 0 Å². The summed E-state index contributed by atoms with van der Waals surface area (Å²) < 4.78 is 0. The molecule has 0 saturated heterocycles. The number of benzene rings is 1. The summed E-state index contributed by atoms with van der Waals surface area (Å²) in [6.07, 6.45) is 3.30. The zero-order valence-corrected chi connectivity index (χ0v) is 10.7. The number of aromatic nitrogens is 1. The number of fused-ring (bicyclic) bond motifs is 1. The number of amides is 1. The highest BCUT2D eigenvalue weighted by Gasteiger charge is 2.30. The second-order valence-corrected chi connectivity index (χ2v) is 4.81. The first-order valence-corrected chi connectivity index (χ1v) is 6.13. The third kappa shape index (κ3) is 1.67. The molecule has 5 heteroatoms. The van der Waals surface area contributed by atoms with Gasteiger partial charge in [-0.05, 0) is 18.2 Å². The molecule has 3 rings (SSSR count). The van der Waals surface area contributed by atoms with E-state index in [9.17, 15) is 4.79 Å². The summed E-state index contributed by atoms with van der Waals surface area (Å²) in [5.74, 6) is -0.0950. The molecule has 0 fully saturated rings. The van der Waals surface area contributed by atoms with E-state index in [0.717, 1.165) is 5.56 Å². The van der Waals surface area contributed by atoms with Gasteiger partial charge in [0.15, 0.2) is 0 Å². The van der Waals surface area contributed by atoms with Gasteiger partial charge in [0.1, 0.15) is 0 Å². The Balaban J connectivity index is 2.10. The topological polar surface area (TPSA) is 33.2 Å². The van der Waals surface area contributed by atoms with Gasteiger partial charge < -0.3 is 4.90 Å². The van der Waals surface area contributed by atoms with Crippen LogP contribution in [0.4, 0.5) is 5.69 Å². The fourth-order valence-corrected chi connectivity index (χ4v) is 2.68. The van der Waals surface area contributed by atoms with Crippen molar-refractivity contribution in [3.05, 3.63) is 57.8 Å². The fourth-order valence-electron chi connectivity index (χ4n) is 2.08. The van der Waals surface area contributed by atoms with Gasteiger partial charge >= 0.3 is 0 Å². The molecular formula is C13H8Cl2N2O. The average Bonchev–Trinajstić information content (AvgIpc) is 2.68. The zero-order chi connectivity index (χ0) is 12.7. The van der Waals surface area contributed by atoms with Crippen LogP contribution < -0.4 is 4.90 Å². The van der Waals surface area contributed by atoms with Crippen LogP contribution in [0.5, 0.6) is 0 Å². The summed E-state index contributed by atoms with van der Waals surface area (Å²) in [7, 11) is 0. The van der Waals surface area contributed by atoms with Crippen LogP contribution >= 0.6 is 23.2 Å². The molecule has 0 atom stereocenters. The van der Waals surface area contributed by atoms with Crippen molar-refractivity contribution in [1.29, 1.82) is 0 Å². The van der Waals surface area contributed by atoms with Crippen LogP contribution in [-0.2, 0) is 6.54 Å². The van der Waals surface area contributed by atoms with Crippen LogP contribution in [0.25, 0.3) is 0 Å². The maximum Gasteiger partial charge on any atom is 0.259 e. The molecule has 0 spiro atoms. The normalized spacial score (nSPS) is 13.9. The van der Waals surface area contributed by atoms with E-state index in [4.69, 9.17) is 23.2 Å². The van der Waals surface area contributed by atoms with Crippen molar-refractivity contribution in [2.24, 2.45) is 0 Å².